The number of hydrogen-bond acceptors (Lipinski definition) is 5. The van der Waals surface area contributed by atoms with E-state index in [0.29, 0.717) is 19.5 Å². The molecule has 0 atom stereocenters. The Kier molecular flexibility index (Phi) is 6.12. The zero-order chi connectivity index (χ0) is 11.3. The first-order chi connectivity index (χ1) is 7.15. The van der Waals surface area contributed by atoms with Crippen LogP contribution in [-0.4, -0.2) is 23.9 Å². The average Bonchev–Trinajstić information content (AvgIpc) is 2.66. The molecule has 16 heavy (non-hydrogen) atoms. The van der Waals surface area contributed by atoms with Gasteiger partial charge in [0.2, 0.25) is 0 Å². The van der Waals surface area contributed by atoms with Crippen molar-refractivity contribution < 1.29 is 14.1 Å². The van der Waals surface area contributed by atoms with Gasteiger partial charge in [-0.1, -0.05) is 0 Å². The molecule has 0 saturated carbocycles. The molecule has 0 fully saturated rings. The van der Waals surface area contributed by atoms with Crippen LogP contribution in [0.2, 0.25) is 0 Å². The maximum atomic E-state index is 11.3. The number of nitro groups is 1. The third kappa shape index (κ3) is 3.87. The Morgan fingerprint density at radius 3 is 2.75 bits per heavy atom. The third-order valence-electron chi connectivity index (χ3n) is 1.66. The minimum atomic E-state index is -0.698. The van der Waals surface area contributed by atoms with Crippen molar-refractivity contribution in [2.75, 3.05) is 13.1 Å². The molecule has 1 aromatic heterocycles. The standard InChI is InChI=1S/C8H11N3O4.ClH/c9-4-1-5-10-8(12)6-2-3-7(15-6)11(13)14;/h2-3H,1,4-5,9H2,(H,10,12);1H. The fourth-order valence-corrected chi connectivity index (χ4v) is 0.939. The fourth-order valence-electron chi connectivity index (χ4n) is 0.939. The highest BCUT2D eigenvalue weighted by atomic mass is 35.5. The van der Waals surface area contributed by atoms with Crippen molar-refractivity contribution in [2.45, 2.75) is 6.42 Å². The molecule has 0 aliphatic carbocycles. The maximum absolute atomic E-state index is 11.3. The lowest BCUT2D eigenvalue weighted by atomic mass is 10.4. The molecule has 0 saturated heterocycles. The minimum Gasteiger partial charge on any atom is -0.395 e. The van der Waals surface area contributed by atoms with Crippen molar-refractivity contribution in [1.82, 2.24) is 5.32 Å². The Bertz CT molecular complexity index is 366. The highest BCUT2D eigenvalue weighted by molar-refractivity contribution is 5.91. The molecule has 0 bridgehead atoms. The first-order valence-electron chi connectivity index (χ1n) is 4.37. The van der Waals surface area contributed by atoms with Crippen LogP contribution >= 0.6 is 12.4 Å². The molecule has 1 aromatic rings. The summed E-state index contributed by atoms with van der Waals surface area (Å²) in [6.07, 6.45) is 0.647. The van der Waals surface area contributed by atoms with Gasteiger partial charge in [0, 0.05) is 6.54 Å². The van der Waals surface area contributed by atoms with E-state index in [1.54, 1.807) is 0 Å². The van der Waals surface area contributed by atoms with E-state index in [2.05, 4.69) is 5.32 Å². The number of amides is 1. The molecule has 8 heteroatoms. The molecule has 0 aliphatic rings. The largest absolute Gasteiger partial charge is 0.433 e. The lowest BCUT2D eigenvalue weighted by molar-refractivity contribution is -0.402. The van der Waals surface area contributed by atoms with Crippen LogP contribution in [0.15, 0.2) is 16.5 Å². The number of carbonyl (C=O) groups is 1. The van der Waals surface area contributed by atoms with Gasteiger partial charge in [0.15, 0.2) is 5.76 Å². The van der Waals surface area contributed by atoms with Crippen LogP contribution in [0, 0.1) is 10.1 Å². The van der Waals surface area contributed by atoms with Crippen LogP contribution in [-0.2, 0) is 0 Å². The van der Waals surface area contributed by atoms with Crippen molar-refractivity contribution >= 4 is 24.2 Å². The van der Waals surface area contributed by atoms with Crippen LogP contribution < -0.4 is 11.1 Å². The van der Waals surface area contributed by atoms with E-state index in [1.807, 2.05) is 0 Å². The monoisotopic (exact) mass is 249 g/mol. The van der Waals surface area contributed by atoms with Crippen molar-refractivity contribution in [1.29, 1.82) is 0 Å². The number of halogens is 1. The van der Waals surface area contributed by atoms with Gasteiger partial charge in [0.1, 0.15) is 4.92 Å². The van der Waals surface area contributed by atoms with Crippen molar-refractivity contribution in [3.05, 3.63) is 28.0 Å². The number of furan rings is 1. The Balaban J connectivity index is 0.00000225. The highest BCUT2D eigenvalue weighted by Crippen LogP contribution is 2.15. The molecule has 1 rings (SSSR count). The van der Waals surface area contributed by atoms with E-state index in [0.717, 1.165) is 6.07 Å². The van der Waals surface area contributed by atoms with Crippen LogP contribution in [0.1, 0.15) is 17.0 Å². The minimum absolute atomic E-state index is 0. The number of nitrogens with one attached hydrogen (secondary N) is 1. The molecule has 1 heterocycles. The number of rotatable bonds is 5. The summed E-state index contributed by atoms with van der Waals surface area (Å²) in [5, 5.41) is 12.8. The second kappa shape index (κ2) is 6.81. The lowest BCUT2D eigenvalue weighted by Crippen LogP contribution is -2.25. The molecule has 7 nitrogen and oxygen atoms in total. The normalized spacial score (nSPS) is 9.31. The molecular weight excluding hydrogens is 238 g/mol. The first kappa shape index (κ1) is 14.4. The van der Waals surface area contributed by atoms with Gasteiger partial charge in [-0.15, -0.1) is 12.4 Å². The molecule has 0 spiro atoms. The van der Waals surface area contributed by atoms with Crippen LogP contribution in [0.25, 0.3) is 0 Å². The van der Waals surface area contributed by atoms with Gasteiger partial charge in [0.05, 0.1) is 6.07 Å². The molecule has 3 N–H and O–H groups in total. The Hall–Kier alpha value is -1.60. The number of carbonyl (C=O) groups excluding carboxylic acids is 1. The Morgan fingerprint density at radius 1 is 1.56 bits per heavy atom. The van der Waals surface area contributed by atoms with E-state index in [1.165, 1.54) is 6.07 Å². The van der Waals surface area contributed by atoms with Gasteiger partial charge < -0.3 is 15.5 Å². The van der Waals surface area contributed by atoms with Crippen molar-refractivity contribution in [2.24, 2.45) is 5.73 Å². The summed E-state index contributed by atoms with van der Waals surface area (Å²) >= 11 is 0. The average molecular weight is 250 g/mol. The molecule has 0 aliphatic heterocycles. The van der Waals surface area contributed by atoms with E-state index in [9.17, 15) is 14.9 Å². The van der Waals surface area contributed by atoms with E-state index >= 15 is 0 Å². The fraction of sp³-hybridized carbons (Fsp3) is 0.375. The summed E-state index contributed by atoms with van der Waals surface area (Å²) in [4.78, 5) is 20.9. The van der Waals surface area contributed by atoms with Crippen LogP contribution in [0.3, 0.4) is 0 Å². The maximum Gasteiger partial charge on any atom is 0.433 e. The van der Waals surface area contributed by atoms with E-state index in [-0.39, 0.29) is 18.2 Å². The van der Waals surface area contributed by atoms with Crippen molar-refractivity contribution in [3.8, 4) is 0 Å². The summed E-state index contributed by atoms with van der Waals surface area (Å²) in [6.45, 7) is 0.891. The number of nitrogens with two attached hydrogens (primary N) is 1. The van der Waals surface area contributed by atoms with Crippen molar-refractivity contribution in [3.63, 3.8) is 0 Å². The lowest BCUT2D eigenvalue weighted by Gasteiger charge is -1.99. The zero-order valence-electron chi connectivity index (χ0n) is 8.34. The summed E-state index contributed by atoms with van der Waals surface area (Å²) < 4.78 is 4.70. The van der Waals surface area contributed by atoms with E-state index in [4.69, 9.17) is 10.2 Å². The van der Waals surface area contributed by atoms with Gasteiger partial charge in [-0.05, 0) is 19.0 Å². The SMILES string of the molecule is Cl.NCCCNC(=O)c1ccc([N+](=O)[O-])o1. The Labute approximate surface area is 97.5 Å². The first-order valence-corrected chi connectivity index (χ1v) is 4.37. The van der Waals surface area contributed by atoms with Gasteiger partial charge >= 0.3 is 5.88 Å². The second-order valence-electron chi connectivity index (χ2n) is 2.79. The van der Waals surface area contributed by atoms with E-state index < -0.39 is 16.7 Å². The molecule has 90 valence electrons. The molecular formula is C8H12ClN3O4. The second-order valence-corrected chi connectivity index (χ2v) is 2.79. The Morgan fingerprint density at radius 2 is 2.25 bits per heavy atom. The topological polar surface area (TPSA) is 111 Å². The number of hydrogen-bond donors (Lipinski definition) is 2. The number of nitrogens with zero attached hydrogens (tertiary/aromatic N) is 1. The molecule has 0 unspecified atom stereocenters. The summed E-state index contributed by atoms with van der Waals surface area (Å²) in [7, 11) is 0. The summed E-state index contributed by atoms with van der Waals surface area (Å²) in [5.74, 6) is -0.991. The van der Waals surface area contributed by atoms with Gasteiger partial charge in [-0.25, -0.2) is 0 Å². The van der Waals surface area contributed by atoms with Crippen LogP contribution in [0.4, 0.5) is 5.88 Å². The molecule has 1 amide bonds. The predicted octanol–water partition coefficient (Wildman–Crippen LogP) is 0.688. The van der Waals surface area contributed by atoms with Crippen LogP contribution in [0.5, 0.6) is 0 Å². The molecule has 0 radical (unpaired) electrons. The molecule has 0 aromatic carbocycles. The predicted molar refractivity (Wildman–Crippen MR) is 58.6 cm³/mol. The summed E-state index contributed by atoms with van der Waals surface area (Å²) in [6, 6.07) is 2.40. The zero-order valence-corrected chi connectivity index (χ0v) is 9.16. The summed E-state index contributed by atoms with van der Waals surface area (Å²) in [5.41, 5.74) is 5.23. The van der Waals surface area contributed by atoms with Gasteiger partial charge in [0.25, 0.3) is 5.91 Å². The van der Waals surface area contributed by atoms with Gasteiger partial charge in [-0.2, -0.15) is 0 Å². The highest BCUT2D eigenvalue weighted by Gasteiger charge is 2.16. The third-order valence-corrected chi connectivity index (χ3v) is 1.66. The smallest absolute Gasteiger partial charge is 0.395 e. The quantitative estimate of drug-likeness (QED) is 0.453. The van der Waals surface area contributed by atoms with Gasteiger partial charge in [-0.3, -0.25) is 14.9 Å².